The van der Waals surface area contributed by atoms with Gasteiger partial charge in [-0.1, -0.05) is 12.1 Å². The summed E-state index contributed by atoms with van der Waals surface area (Å²) in [4.78, 5) is 32.6. The van der Waals surface area contributed by atoms with Gasteiger partial charge < -0.3 is 10.6 Å². The van der Waals surface area contributed by atoms with E-state index in [2.05, 4.69) is 31.0 Å². The molecule has 1 saturated heterocycles. The summed E-state index contributed by atoms with van der Waals surface area (Å²) >= 11 is 0. The van der Waals surface area contributed by atoms with E-state index in [0.29, 0.717) is 34.7 Å². The van der Waals surface area contributed by atoms with Crippen LogP contribution in [0.4, 0.5) is 16.3 Å². The molecule has 2 fully saturated rings. The molecule has 9 nitrogen and oxygen atoms in total. The van der Waals surface area contributed by atoms with E-state index in [4.69, 9.17) is 0 Å². The molecule has 1 aliphatic heterocycles. The molecule has 3 N–H and O–H groups in total. The lowest BCUT2D eigenvalue weighted by Crippen LogP contribution is -2.19. The van der Waals surface area contributed by atoms with Gasteiger partial charge in [-0.3, -0.25) is 14.9 Å². The van der Waals surface area contributed by atoms with Gasteiger partial charge in [0.1, 0.15) is 5.82 Å². The van der Waals surface area contributed by atoms with Gasteiger partial charge in [-0.15, -0.1) is 0 Å². The molecule has 0 unspecified atom stereocenters. The monoisotopic (exact) mass is 421 g/mol. The van der Waals surface area contributed by atoms with Gasteiger partial charge in [-0.2, -0.15) is 19.6 Å². The Hall–Kier alpha value is -3.82. The van der Waals surface area contributed by atoms with Gasteiger partial charge in [0.15, 0.2) is 5.65 Å². The molecule has 3 aromatic rings. The minimum absolute atomic E-state index is 0.0289. The highest BCUT2D eigenvalue weighted by Gasteiger charge is 2.26. The van der Waals surface area contributed by atoms with Gasteiger partial charge in [0, 0.05) is 17.2 Å². The highest BCUT2D eigenvalue weighted by molar-refractivity contribution is 6.15. The minimum atomic E-state index is -0.405. The summed E-state index contributed by atoms with van der Waals surface area (Å²) in [5.74, 6) is -0.111. The maximum atomic E-state index is 13.2. The second kappa shape index (κ2) is 7.46. The number of rotatable bonds is 6. The zero-order chi connectivity index (χ0) is 21.5. The first-order chi connectivity index (χ1) is 15.0. The lowest BCUT2D eigenvalue weighted by molar-refractivity contribution is -0.124. The van der Waals surface area contributed by atoms with Crippen LogP contribution in [0.1, 0.15) is 43.4 Å². The molecule has 1 saturated carbocycles. The van der Waals surface area contributed by atoms with Crippen LogP contribution in [-0.4, -0.2) is 37.4 Å². The van der Waals surface area contributed by atoms with E-state index in [1.807, 2.05) is 6.92 Å². The lowest BCUT2D eigenvalue weighted by Gasteiger charge is -2.16. The predicted molar refractivity (Wildman–Crippen MR) is 112 cm³/mol. The number of imide groups is 1. The Morgan fingerprint density at radius 1 is 1.23 bits per heavy atom. The molecule has 1 aromatic carbocycles. The van der Waals surface area contributed by atoms with Crippen LogP contribution in [0.2, 0.25) is 0 Å². The number of nitrogens with zero attached hydrogens (tertiary/aromatic N) is 4. The SMILES string of the molecule is C[C@H](Nc1nc(NC2CC2)n2ncc(/C=C3\CC(=O)NC3=O)c2n1)c1ccc(F)cc1. The number of amides is 2. The van der Waals surface area contributed by atoms with Crippen LogP contribution in [0, 0.1) is 5.82 Å². The maximum absolute atomic E-state index is 13.2. The topological polar surface area (TPSA) is 113 Å². The number of carbonyl (C=O) groups is 2. The van der Waals surface area contributed by atoms with Crippen LogP contribution in [-0.2, 0) is 9.59 Å². The minimum Gasteiger partial charge on any atom is -0.351 e. The van der Waals surface area contributed by atoms with Crippen LogP contribution in [0.3, 0.4) is 0 Å². The van der Waals surface area contributed by atoms with Gasteiger partial charge in [-0.05, 0) is 43.5 Å². The fraction of sp³-hybridized carbons (Fsp3) is 0.286. The molecule has 2 aliphatic rings. The predicted octanol–water partition coefficient (Wildman–Crippen LogP) is 2.44. The van der Waals surface area contributed by atoms with E-state index in [0.717, 1.165) is 18.4 Å². The fourth-order valence-electron chi connectivity index (χ4n) is 3.40. The van der Waals surface area contributed by atoms with Crippen molar-refractivity contribution < 1.29 is 14.0 Å². The lowest BCUT2D eigenvalue weighted by atomic mass is 10.1. The number of hydrogen-bond acceptors (Lipinski definition) is 7. The Balaban J connectivity index is 1.52. The molecule has 3 heterocycles. The molecule has 0 radical (unpaired) electrons. The van der Waals surface area contributed by atoms with Gasteiger partial charge in [-0.25, -0.2) is 4.39 Å². The van der Waals surface area contributed by atoms with Crippen LogP contribution < -0.4 is 16.0 Å². The highest BCUT2D eigenvalue weighted by atomic mass is 19.1. The van der Waals surface area contributed by atoms with Gasteiger partial charge in [0.25, 0.3) is 5.91 Å². The third-order valence-corrected chi connectivity index (χ3v) is 5.25. The van der Waals surface area contributed by atoms with Crippen molar-refractivity contribution in [3.8, 4) is 0 Å². The first-order valence-electron chi connectivity index (χ1n) is 10.1. The Kier molecular flexibility index (Phi) is 4.61. The third kappa shape index (κ3) is 3.96. The Labute approximate surface area is 176 Å². The van der Waals surface area contributed by atoms with E-state index in [9.17, 15) is 14.0 Å². The van der Waals surface area contributed by atoms with Crippen molar-refractivity contribution in [3.63, 3.8) is 0 Å². The van der Waals surface area contributed by atoms with Crippen molar-refractivity contribution in [2.75, 3.05) is 10.6 Å². The molecule has 0 bridgehead atoms. The van der Waals surface area contributed by atoms with Crippen molar-refractivity contribution in [2.45, 2.75) is 38.3 Å². The normalized spacial score (nSPS) is 18.5. The van der Waals surface area contributed by atoms with Crippen LogP contribution >= 0.6 is 0 Å². The summed E-state index contributed by atoms with van der Waals surface area (Å²) in [5, 5.41) is 13.2. The number of nitrogens with one attached hydrogen (secondary N) is 3. The quantitative estimate of drug-likeness (QED) is 0.414. The average molecular weight is 421 g/mol. The van der Waals surface area contributed by atoms with Crippen LogP contribution in [0.15, 0.2) is 36.0 Å². The third-order valence-electron chi connectivity index (χ3n) is 5.25. The summed E-state index contributed by atoms with van der Waals surface area (Å²) < 4.78 is 14.8. The number of hydrogen-bond donors (Lipinski definition) is 3. The second-order valence-electron chi connectivity index (χ2n) is 7.77. The van der Waals surface area contributed by atoms with Crippen molar-refractivity contribution in [3.05, 3.63) is 53.0 Å². The number of fused-ring (bicyclic) bond motifs is 1. The average Bonchev–Trinajstić information content (AvgIpc) is 3.37. The Morgan fingerprint density at radius 2 is 2.00 bits per heavy atom. The molecule has 2 amide bonds. The first-order valence-corrected chi connectivity index (χ1v) is 10.1. The van der Waals surface area contributed by atoms with Gasteiger partial charge >= 0.3 is 0 Å². The summed E-state index contributed by atoms with van der Waals surface area (Å²) in [6.07, 6.45) is 5.37. The highest BCUT2D eigenvalue weighted by Crippen LogP contribution is 2.27. The van der Waals surface area contributed by atoms with E-state index in [1.54, 1.807) is 28.9 Å². The maximum Gasteiger partial charge on any atom is 0.254 e. The van der Waals surface area contributed by atoms with Crippen LogP contribution in [0.5, 0.6) is 0 Å². The van der Waals surface area contributed by atoms with Gasteiger partial charge in [0.2, 0.25) is 17.8 Å². The zero-order valence-electron chi connectivity index (χ0n) is 16.7. The van der Waals surface area contributed by atoms with E-state index >= 15 is 0 Å². The second-order valence-corrected chi connectivity index (χ2v) is 7.77. The molecule has 5 rings (SSSR count). The summed E-state index contributed by atoms with van der Waals surface area (Å²) in [6, 6.07) is 6.41. The Morgan fingerprint density at radius 3 is 2.68 bits per heavy atom. The van der Waals surface area contributed by atoms with Crippen molar-refractivity contribution >= 4 is 35.4 Å². The fourth-order valence-corrected chi connectivity index (χ4v) is 3.40. The smallest absolute Gasteiger partial charge is 0.254 e. The molecular formula is C21H20FN7O2. The van der Waals surface area contributed by atoms with E-state index < -0.39 is 5.91 Å². The standard InChI is InChI=1S/C21H20FN7O2/c1-11(12-2-4-15(22)5-3-12)24-20-27-18-14(8-13-9-17(30)26-19(13)31)10-23-29(18)21(28-20)25-16-6-7-16/h2-5,8,10-11,16H,6-7,9H2,1H3,(H,26,30,31)(H2,24,25,27,28)/b13-8+/t11-/m0/s1. The number of anilines is 2. The summed E-state index contributed by atoms with van der Waals surface area (Å²) in [7, 11) is 0. The molecule has 0 spiro atoms. The summed E-state index contributed by atoms with van der Waals surface area (Å²) in [6.45, 7) is 1.93. The van der Waals surface area contributed by atoms with Crippen LogP contribution in [0.25, 0.3) is 11.7 Å². The van der Waals surface area contributed by atoms with Crippen molar-refractivity contribution in [1.29, 1.82) is 0 Å². The molecule has 1 aliphatic carbocycles. The number of halogens is 1. The molecule has 10 heteroatoms. The Bertz CT molecular complexity index is 1210. The molecule has 158 valence electrons. The summed E-state index contributed by atoms with van der Waals surface area (Å²) in [5.41, 5.74) is 2.37. The molecular weight excluding hydrogens is 401 g/mol. The molecule has 2 aromatic heterocycles. The molecule has 31 heavy (non-hydrogen) atoms. The number of carbonyl (C=O) groups excluding carboxylic acids is 2. The zero-order valence-corrected chi connectivity index (χ0v) is 16.7. The largest absolute Gasteiger partial charge is 0.351 e. The molecule has 1 atom stereocenters. The van der Waals surface area contributed by atoms with Crippen molar-refractivity contribution in [2.24, 2.45) is 0 Å². The first kappa shape index (κ1) is 19.2. The van der Waals surface area contributed by atoms with Crippen molar-refractivity contribution in [1.82, 2.24) is 24.9 Å². The van der Waals surface area contributed by atoms with E-state index in [1.165, 1.54) is 12.1 Å². The van der Waals surface area contributed by atoms with Gasteiger partial charge in [0.05, 0.1) is 18.7 Å². The van der Waals surface area contributed by atoms with E-state index in [-0.39, 0.29) is 24.2 Å². The number of aromatic nitrogens is 4. The number of benzene rings is 1.